The molecule has 7 atom stereocenters. The minimum Gasteiger partial charge on any atom is -0.458 e. The van der Waals surface area contributed by atoms with Gasteiger partial charge in [-0.2, -0.15) is 17.2 Å². The molecule has 6 saturated carbocycles. The Kier molecular flexibility index (Phi) is 7.52. The smallest absolute Gasteiger partial charge is 0.405 e. The molecular formula is C27H34F2O12S. The largest absolute Gasteiger partial charge is 0.458 e. The number of carbonyl (C=O) groups is 4. The van der Waals surface area contributed by atoms with E-state index in [2.05, 4.69) is 4.74 Å². The van der Waals surface area contributed by atoms with Crippen molar-refractivity contribution in [1.29, 1.82) is 0 Å². The Bertz CT molecular complexity index is 1230. The highest BCUT2D eigenvalue weighted by Gasteiger charge is 2.70. The van der Waals surface area contributed by atoms with Gasteiger partial charge in [-0.1, -0.05) is 0 Å². The summed E-state index contributed by atoms with van der Waals surface area (Å²) in [7, 11) is -5.83. The van der Waals surface area contributed by atoms with E-state index in [0.717, 1.165) is 37.5 Å². The topological polar surface area (TPSA) is 169 Å². The van der Waals surface area contributed by atoms with Crippen LogP contribution in [0.2, 0.25) is 0 Å². The Morgan fingerprint density at radius 2 is 1.60 bits per heavy atom. The molecule has 1 N–H and O–H groups in total. The summed E-state index contributed by atoms with van der Waals surface area (Å²) in [6.45, 7) is 0.365. The van der Waals surface area contributed by atoms with E-state index >= 15 is 0 Å². The van der Waals surface area contributed by atoms with Gasteiger partial charge in [0, 0.05) is 11.8 Å². The second-order valence-electron chi connectivity index (χ2n) is 12.8. The standard InChI is InChI=1S/C27H34F2O12S/c1-11(27(28,29)42(34,35)36)39-18(30)2-3-19(31)40-23-16-9-17-21(26(33)41-24(17)23)20(16)25(32)38-10-37-22-14-5-12-4-13(7-14)8-15(22)6-12/h11-17,20-24H,2-10H2,1H3,(H,34,35,36). The van der Waals surface area contributed by atoms with Crippen LogP contribution < -0.4 is 0 Å². The number of hydrogen-bond acceptors (Lipinski definition) is 11. The van der Waals surface area contributed by atoms with Gasteiger partial charge in [-0.05, 0) is 69.1 Å². The first kappa shape index (κ1) is 29.7. The van der Waals surface area contributed by atoms with Gasteiger partial charge in [0.05, 0.1) is 30.8 Å². The predicted molar refractivity (Wildman–Crippen MR) is 132 cm³/mol. The first-order valence-electron chi connectivity index (χ1n) is 14.5. The molecule has 6 bridgehead atoms. The summed E-state index contributed by atoms with van der Waals surface area (Å²) in [5.41, 5.74) is 0. The van der Waals surface area contributed by atoms with Crippen molar-refractivity contribution in [1.82, 2.24) is 0 Å². The molecular weight excluding hydrogens is 586 g/mol. The van der Waals surface area contributed by atoms with E-state index in [1.54, 1.807) is 0 Å². The number of rotatable bonds is 11. The quantitative estimate of drug-likeness (QED) is 0.155. The third kappa shape index (κ3) is 5.08. The Hall–Kier alpha value is -2.39. The van der Waals surface area contributed by atoms with Crippen LogP contribution in [0.5, 0.6) is 0 Å². The lowest BCUT2D eigenvalue weighted by molar-refractivity contribution is -0.193. The van der Waals surface area contributed by atoms with E-state index in [1.165, 1.54) is 6.42 Å². The zero-order valence-electron chi connectivity index (χ0n) is 22.9. The average molecular weight is 621 g/mol. The molecule has 0 aromatic rings. The van der Waals surface area contributed by atoms with Gasteiger partial charge in [-0.3, -0.25) is 23.7 Å². The summed E-state index contributed by atoms with van der Waals surface area (Å²) in [6, 6.07) is 0. The SMILES string of the molecule is CC(OC(=O)CCC(=O)OC1C2CC3C1OC(=O)C3C2C(=O)OCOC1C2CC3CC(C2)CC1C3)C(F)(F)S(=O)(=O)O. The first-order valence-corrected chi connectivity index (χ1v) is 15.9. The van der Waals surface area contributed by atoms with Crippen molar-refractivity contribution in [3.63, 3.8) is 0 Å². The Balaban J connectivity index is 1.00. The molecule has 12 nitrogen and oxygen atoms in total. The van der Waals surface area contributed by atoms with Crippen LogP contribution in [0.15, 0.2) is 0 Å². The highest BCUT2D eigenvalue weighted by Crippen LogP contribution is 2.59. The van der Waals surface area contributed by atoms with Crippen LogP contribution >= 0.6 is 0 Å². The van der Waals surface area contributed by atoms with Crippen molar-refractivity contribution in [2.24, 2.45) is 47.3 Å². The maximum atomic E-state index is 13.6. The fraction of sp³-hybridized carbons (Fsp3) is 0.852. The summed E-state index contributed by atoms with van der Waals surface area (Å²) in [5.74, 6) is -3.38. The molecule has 234 valence electrons. The summed E-state index contributed by atoms with van der Waals surface area (Å²) in [4.78, 5) is 50.2. The molecule has 1 aliphatic heterocycles. The minimum atomic E-state index is -5.83. The molecule has 0 spiro atoms. The second-order valence-corrected chi connectivity index (χ2v) is 14.3. The van der Waals surface area contributed by atoms with Crippen molar-refractivity contribution < 1.29 is 64.6 Å². The van der Waals surface area contributed by atoms with Gasteiger partial charge in [0.1, 0.15) is 12.2 Å². The zero-order valence-corrected chi connectivity index (χ0v) is 23.7. The summed E-state index contributed by atoms with van der Waals surface area (Å²) in [5, 5.41) is -4.74. The third-order valence-electron chi connectivity index (χ3n) is 10.3. The number of ether oxygens (including phenoxy) is 5. The van der Waals surface area contributed by atoms with Crippen LogP contribution in [0.1, 0.15) is 58.3 Å². The summed E-state index contributed by atoms with van der Waals surface area (Å²) < 4.78 is 84.3. The molecule has 0 radical (unpaired) electrons. The molecule has 0 aromatic carbocycles. The lowest BCUT2D eigenvalue weighted by atomic mass is 9.55. The lowest BCUT2D eigenvalue weighted by Gasteiger charge is -2.53. The van der Waals surface area contributed by atoms with Crippen LogP contribution in [0.4, 0.5) is 8.78 Å². The highest BCUT2D eigenvalue weighted by molar-refractivity contribution is 7.86. The van der Waals surface area contributed by atoms with E-state index in [0.29, 0.717) is 25.2 Å². The second kappa shape index (κ2) is 10.7. The lowest BCUT2D eigenvalue weighted by Crippen LogP contribution is -2.49. The minimum absolute atomic E-state index is 0.0640. The van der Waals surface area contributed by atoms with Gasteiger partial charge >= 0.3 is 39.2 Å². The summed E-state index contributed by atoms with van der Waals surface area (Å²) >= 11 is 0. The van der Waals surface area contributed by atoms with Crippen LogP contribution in [0.25, 0.3) is 0 Å². The fourth-order valence-corrected chi connectivity index (χ4v) is 9.30. The normalized spacial score (nSPS) is 40.1. The number of hydrogen-bond donors (Lipinski definition) is 1. The molecule has 0 aromatic heterocycles. The van der Waals surface area contributed by atoms with E-state index in [-0.39, 0.29) is 18.8 Å². The molecule has 15 heteroatoms. The van der Waals surface area contributed by atoms with Gasteiger partial charge in [0.15, 0.2) is 12.9 Å². The van der Waals surface area contributed by atoms with Crippen LogP contribution in [0.3, 0.4) is 0 Å². The van der Waals surface area contributed by atoms with Crippen LogP contribution in [-0.4, -0.2) is 73.3 Å². The van der Waals surface area contributed by atoms with Crippen molar-refractivity contribution in [2.45, 2.75) is 88.0 Å². The molecule has 6 aliphatic carbocycles. The molecule has 1 heterocycles. The van der Waals surface area contributed by atoms with E-state index in [9.17, 15) is 36.4 Å². The van der Waals surface area contributed by atoms with Gasteiger partial charge in [0.25, 0.3) is 0 Å². The number of esters is 4. The van der Waals surface area contributed by atoms with Gasteiger partial charge in [-0.25, -0.2) is 0 Å². The van der Waals surface area contributed by atoms with E-state index < -0.39 is 88.2 Å². The van der Waals surface area contributed by atoms with Crippen molar-refractivity contribution >= 4 is 34.0 Å². The van der Waals surface area contributed by atoms with Gasteiger partial charge < -0.3 is 23.7 Å². The molecule has 42 heavy (non-hydrogen) atoms. The van der Waals surface area contributed by atoms with Crippen molar-refractivity contribution in [2.75, 3.05) is 6.79 Å². The van der Waals surface area contributed by atoms with E-state index in [1.807, 2.05) is 0 Å². The monoisotopic (exact) mass is 620 g/mol. The maximum Gasteiger partial charge on any atom is 0.405 e. The van der Waals surface area contributed by atoms with Gasteiger partial charge in [0.2, 0.25) is 0 Å². The molecule has 7 fully saturated rings. The molecule has 7 rings (SSSR count). The number of alkyl halides is 2. The van der Waals surface area contributed by atoms with Crippen LogP contribution in [0, 0.1) is 47.3 Å². The Morgan fingerprint density at radius 3 is 2.21 bits per heavy atom. The maximum absolute atomic E-state index is 13.6. The van der Waals surface area contributed by atoms with Crippen molar-refractivity contribution in [3.05, 3.63) is 0 Å². The van der Waals surface area contributed by atoms with Crippen LogP contribution in [-0.2, 0) is 53.0 Å². The molecule has 0 amide bonds. The zero-order chi connectivity index (χ0) is 30.1. The molecule has 1 saturated heterocycles. The Labute approximate surface area is 240 Å². The predicted octanol–water partition coefficient (Wildman–Crippen LogP) is 2.24. The first-order chi connectivity index (χ1) is 19.7. The van der Waals surface area contributed by atoms with Gasteiger partial charge in [-0.15, -0.1) is 0 Å². The number of halogens is 2. The molecule has 7 unspecified atom stereocenters. The molecule has 7 aliphatic rings. The third-order valence-corrected chi connectivity index (χ3v) is 11.4. The number of fused-ring (bicyclic) bond motifs is 1. The van der Waals surface area contributed by atoms with E-state index in [4.69, 9.17) is 23.5 Å². The Morgan fingerprint density at radius 1 is 0.976 bits per heavy atom. The highest BCUT2D eigenvalue weighted by atomic mass is 32.2. The summed E-state index contributed by atoms with van der Waals surface area (Å²) in [6.07, 6.45) is 0.843. The van der Waals surface area contributed by atoms with Crippen molar-refractivity contribution in [3.8, 4) is 0 Å². The number of carbonyl (C=O) groups excluding carboxylic acids is 4. The fourth-order valence-electron chi connectivity index (χ4n) is 8.83. The average Bonchev–Trinajstić information content (AvgIpc) is 3.52.